The fourth-order valence-electron chi connectivity index (χ4n) is 4.42. The van der Waals surface area contributed by atoms with Crippen molar-refractivity contribution in [1.82, 2.24) is 10.9 Å². The number of carboxylic acids is 1. The molecule has 0 radical (unpaired) electrons. The van der Waals surface area contributed by atoms with Crippen LogP contribution in [0.5, 0.6) is 0 Å². The van der Waals surface area contributed by atoms with Gasteiger partial charge >= 0.3 is 5.97 Å². The molecule has 2 amide bonds. The van der Waals surface area contributed by atoms with Crippen LogP contribution in [0.2, 0.25) is 0 Å². The fraction of sp³-hybridized carbons (Fsp3) is 0.550. The molecule has 0 aromatic heterocycles. The van der Waals surface area contributed by atoms with Gasteiger partial charge < -0.3 is 5.11 Å². The Balaban J connectivity index is 1.61. The van der Waals surface area contributed by atoms with Gasteiger partial charge in [0.2, 0.25) is 5.91 Å². The van der Waals surface area contributed by atoms with Crippen LogP contribution < -0.4 is 10.9 Å². The summed E-state index contributed by atoms with van der Waals surface area (Å²) in [6.07, 6.45) is 2.55. The molecule has 2 aliphatic carbocycles. The van der Waals surface area contributed by atoms with Gasteiger partial charge in [-0.1, -0.05) is 32.9 Å². The number of rotatable bonds is 3. The minimum absolute atomic E-state index is 0.00312. The number of hydrazine groups is 1. The summed E-state index contributed by atoms with van der Waals surface area (Å²) in [5.74, 6) is -2.75. The van der Waals surface area contributed by atoms with Crippen molar-refractivity contribution in [2.75, 3.05) is 0 Å². The van der Waals surface area contributed by atoms with E-state index in [9.17, 15) is 19.5 Å². The number of hydrogen-bond donors (Lipinski definition) is 3. The number of nitrogens with one attached hydrogen (secondary N) is 2. The molecule has 3 N–H and O–H groups in total. The van der Waals surface area contributed by atoms with Gasteiger partial charge in [-0.15, -0.1) is 0 Å². The number of carbonyl (C=O) groups excluding carboxylic acids is 2. The minimum Gasteiger partial charge on any atom is -0.481 e. The molecule has 26 heavy (non-hydrogen) atoms. The van der Waals surface area contributed by atoms with Crippen molar-refractivity contribution in [3.63, 3.8) is 0 Å². The van der Waals surface area contributed by atoms with Gasteiger partial charge in [0, 0.05) is 5.56 Å². The van der Waals surface area contributed by atoms with Crippen molar-refractivity contribution in [3.05, 3.63) is 35.4 Å². The highest BCUT2D eigenvalue weighted by Crippen LogP contribution is 2.52. The van der Waals surface area contributed by atoms with Crippen molar-refractivity contribution in [3.8, 4) is 0 Å². The molecule has 1 aromatic rings. The molecule has 2 saturated carbocycles. The Bertz CT molecular complexity index is 720. The standard InChI is InChI=1S/C20H26N2O4/c1-20(2,3)14-8-6-11(7-9-14)17(23)21-22-18(24)15-12-4-5-13(10-12)16(15)19(25)26/h6-9,12-13,15-16H,4-5,10H2,1-3H3,(H,21,23)(H,22,24)(H,25,26)/t12-,13+,15+,16+/m1/s1. The zero-order valence-corrected chi connectivity index (χ0v) is 15.4. The molecule has 2 fully saturated rings. The van der Waals surface area contributed by atoms with Crippen LogP contribution in [0.3, 0.4) is 0 Å². The van der Waals surface area contributed by atoms with Crippen LogP contribution >= 0.6 is 0 Å². The van der Waals surface area contributed by atoms with E-state index in [2.05, 4.69) is 31.6 Å². The van der Waals surface area contributed by atoms with Crippen LogP contribution in [0.1, 0.15) is 56.0 Å². The molecule has 0 aliphatic heterocycles. The predicted molar refractivity (Wildman–Crippen MR) is 96.2 cm³/mol. The van der Waals surface area contributed by atoms with Crippen LogP contribution in [0.4, 0.5) is 0 Å². The first-order valence-electron chi connectivity index (χ1n) is 9.12. The second kappa shape index (κ2) is 6.74. The van der Waals surface area contributed by atoms with E-state index in [1.165, 1.54) is 0 Å². The Kier molecular flexibility index (Phi) is 4.78. The van der Waals surface area contributed by atoms with E-state index in [4.69, 9.17) is 0 Å². The molecule has 6 nitrogen and oxygen atoms in total. The first-order valence-corrected chi connectivity index (χ1v) is 9.12. The van der Waals surface area contributed by atoms with Crippen molar-refractivity contribution in [2.45, 2.75) is 45.4 Å². The number of amides is 2. The Labute approximate surface area is 153 Å². The summed E-state index contributed by atoms with van der Waals surface area (Å²) < 4.78 is 0. The van der Waals surface area contributed by atoms with Crippen LogP contribution in [0.25, 0.3) is 0 Å². The third-order valence-corrected chi connectivity index (χ3v) is 5.82. The summed E-state index contributed by atoms with van der Waals surface area (Å²) in [6.45, 7) is 6.28. The quantitative estimate of drug-likeness (QED) is 0.724. The van der Waals surface area contributed by atoms with Crippen LogP contribution in [-0.4, -0.2) is 22.9 Å². The number of aliphatic carboxylic acids is 1. The van der Waals surface area contributed by atoms with Crippen molar-refractivity contribution in [1.29, 1.82) is 0 Å². The zero-order chi connectivity index (χ0) is 19.1. The van der Waals surface area contributed by atoms with Gasteiger partial charge in [0.05, 0.1) is 11.8 Å². The van der Waals surface area contributed by atoms with Gasteiger partial charge in [-0.25, -0.2) is 0 Å². The Hall–Kier alpha value is -2.37. The van der Waals surface area contributed by atoms with Gasteiger partial charge in [0.25, 0.3) is 5.91 Å². The zero-order valence-electron chi connectivity index (χ0n) is 15.4. The lowest BCUT2D eigenvalue weighted by molar-refractivity contribution is -0.149. The molecular weight excluding hydrogens is 332 g/mol. The molecule has 2 aliphatic rings. The molecule has 2 bridgehead atoms. The summed E-state index contributed by atoms with van der Waals surface area (Å²) in [4.78, 5) is 36.3. The lowest BCUT2D eigenvalue weighted by Crippen LogP contribution is -2.48. The van der Waals surface area contributed by atoms with Gasteiger partial charge in [0.15, 0.2) is 0 Å². The maximum atomic E-state index is 12.5. The molecule has 0 heterocycles. The Morgan fingerprint density at radius 3 is 2.08 bits per heavy atom. The van der Waals surface area contributed by atoms with Crippen LogP contribution in [0, 0.1) is 23.7 Å². The smallest absolute Gasteiger partial charge is 0.307 e. The highest BCUT2D eigenvalue weighted by molar-refractivity contribution is 5.96. The third-order valence-electron chi connectivity index (χ3n) is 5.82. The van der Waals surface area contributed by atoms with Crippen molar-refractivity contribution >= 4 is 17.8 Å². The maximum Gasteiger partial charge on any atom is 0.307 e. The second-order valence-electron chi connectivity index (χ2n) is 8.49. The molecule has 3 rings (SSSR count). The van der Waals surface area contributed by atoms with Gasteiger partial charge in [0.1, 0.15) is 0 Å². The minimum atomic E-state index is -0.915. The van der Waals surface area contributed by atoms with Crippen LogP contribution in [0.15, 0.2) is 24.3 Å². The predicted octanol–water partition coefficient (Wildman–Crippen LogP) is 2.49. The van der Waals surface area contributed by atoms with Gasteiger partial charge in [-0.3, -0.25) is 25.2 Å². The van der Waals surface area contributed by atoms with E-state index in [1.54, 1.807) is 12.1 Å². The normalized spacial score (nSPS) is 27.2. The molecule has 4 atom stereocenters. The summed E-state index contributed by atoms with van der Waals surface area (Å²) >= 11 is 0. The van der Waals surface area contributed by atoms with Gasteiger partial charge in [-0.05, 0) is 54.2 Å². The molecule has 0 saturated heterocycles. The van der Waals surface area contributed by atoms with Crippen LogP contribution in [-0.2, 0) is 15.0 Å². The topological polar surface area (TPSA) is 95.5 Å². The number of fused-ring (bicyclic) bond motifs is 2. The number of carboxylic acid groups (broad SMARTS) is 1. The average molecular weight is 358 g/mol. The van der Waals surface area contributed by atoms with E-state index in [1.807, 2.05) is 12.1 Å². The second-order valence-corrected chi connectivity index (χ2v) is 8.49. The molecule has 0 unspecified atom stereocenters. The first-order chi connectivity index (χ1) is 12.2. The number of hydrogen-bond acceptors (Lipinski definition) is 3. The Morgan fingerprint density at radius 2 is 1.54 bits per heavy atom. The van der Waals surface area contributed by atoms with E-state index >= 15 is 0 Å². The van der Waals surface area contributed by atoms with Crippen molar-refractivity contribution in [2.24, 2.45) is 23.7 Å². The SMILES string of the molecule is CC(C)(C)c1ccc(C(=O)NNC(=O)[C@H]2[C@@H]3CC[C@@H](C3)[C@@H]2C(=O)O)cc1. The highest BCUT2D eigenvalue weighted by atomic mass is 16.4. The molecular formula is C20H26N2O4. The first kappa shape index (κ1) is 18.4. The molecule has 140 valence electrons. The summed E-state index contributed by atoms with van der Waals surface area (Å²) in [6, 6.07) is 7.24. The summed E-state index contributed by atoms with van der Waals surface area (Å²) in [7, 11) is 0. The van der Waals surface area contributed by atoms with E-state index < -0.39 is 29.6 Å². The monoisotopic (exact) mass is 358 g/mol. The summed E-state index contributed by atoms with van der Waals surface area (Å²) in [5, 5.41) is 9.43. The van der Waals surface area contributed by atoms with Gasteiger partial charge in [-0.2, -0.15) is 0 Å². The summed E-state index contributed by atoms with van der Waals surface area (Å²) in [5.41, 5.74) is 6.41. The lowest BCUT2D eigenvalue weighted by Gasteiger charge is -2.27. The fourth-order valence-corrected chi connectivity index (χ4v) is 4.42. The largest absolute Gasteiger partial charge is 0.481 e. The molecule has 0 spiro atoms. The van der Waals surface area contributed by atoms with E-state index in [0.717, 1.165) is 24.8 Å². The number of benzene rings is 1. The highest BCUT2D eigenvalue weighted by Gasteiger charge is 2.54. The lowest BCUT2D eigenvalue weighted by atomic mass is 9.79. The molecule has 6 heteroatoms. The average Bonchev–Trinajstić information content (AvgIpc) is 3.19. The third kappa shape index (κ3) is 3.45. The van der Waals surface area contributed by atoms with E-state index in [-0.39, 0.29) is 17.3 Å². The maximum absolute atomic E-state index is 12.5. The Morgan fingerprint density at radius 1 is 0.962 bits per heavy atom. The molecule has 1 aromatic carbocycles. The van der Waals surface area contributed by atoms with Crippen molar-refractivity contribution < 1.29 is 19.5 Å². The van der Waals surface area contributed by atoms with E-state index in [0.29, 0.717) is 5.56 Å². The number of carbonyl (C=O) groups is 3.